The maximum Gasteiger partial charge on any atom is 0.191 e. The number of H-pyrrole nitrogens is 1. The van der Waals surface area contributed by atoms with Crippen LogP contribution in [0.25, 0.3) is 11.4 Å². The van der Waals surface area contributed by atoms with Crippen molar-refractivity contribution in [2.45, 2.75) is 19.5 Å². The molecule has 0 aliphatic carbocycles. The molecule has 0 amide bonds. The number of hydrogen-bond acceptors (Lipinski definition) is 3. The highest BCUT2D eigenvalue weighted by Crippen LogP contribution is 2.25. The fourth-order valence-electron chi connectivity index (χ4n) is 2.62. The molecule has 1 heterocycles. The minimum Gasteiger partial charge on any atom is -0.352 e. The van der Waals surface area contributed by atoms with E-state index in [0.717, 1.165) is 22.5 Å². The number of halogens is 2. The van der Waals surface area contributed by atoms with Crippen molar-refractivity contribution in [1.29, 1.82) is 0 Å². The van der Waals surface area contributed by atoms with Crippen molar-refractivity contribution >= 4 is 29.2 Å². The van der Waals surface area contributed by atoms with Crippen LogP contribution in [0.3, 0.4) is 0 Å². The summed E-state index contributed by atoms with van der Waals surface area (Å²) in [6.07, 6.45) is 1.50. The first kappa shape index (κ1) is 19.2. The fraction of sp³-hybridized carbons (Fsp3) is 0.211. The predicted molar refractivity (Wildman–Crippen MR) is 110 cm³/mol. The average Bonchev–Trinajstić information content (AvgIpc) is 3.22. The molecule has 0 spiro atoms. The summed E-state index contributed by atoms with van der Waals surface area (Å²) < 4.78 is 0. The maximum absolute atomic E-state index is 6.11. The Morgan fingerprint density at radius 2 is 2.04 bits per heavy atom. The zero-order chi connectivity index (χ0) is 19.2. The number of nitrogens with zero attached hydrogens (tertiary/aromatic N) is 3. The standard InChI is InChI=1S/C19H20Cl2N6/c1-12(14-6-7-16(20)17(21)9-14)26-19(22-2)23-10-13-4-3-5-15(8-13)18-24-11-25-27-18/h3-9,11-12H,10H2,1-2H3,(H2,22,23,26)(H,24,25,27). The number of aromatic amines is 1. The van der Waals surface area contributed by atoms with E-state index >= 15 is 0 Å². The molecule has 3 rings (SSSR count). The summed E-state index contributed by atoms with van der Waals surface area (Å²) >= 11 is 12.1. The van der Waals surface area contributed by atoms with Gasteiger partial charge in [0.25, 0.3) is 0 Å². The summed E-state index contributed by atoms with van der Waals surface area (Å²) in [5.74, 6) is 1.44. The highest BCUT2D eigenvalue weighted by atomic mass is 35.5. The van der Waals surface area contributed by atoms with Crippen molar-refractivity contribution in [3.63, 3.8) is 0 Å². The second kappa shape index (κ2) is 8.88. The molecule has 2 aromatic carbocycles. The molecule has 0 aliphatic rings. The summed E-state index contributed by atoms with van der Waals surface area (Å²) in [7, 11) is 1.74. The number of aliphatic imine (C=N–C) groups is 1. The third-order valence-corrected chi connectivity index (χ3v) is 4.83. The van der Waals surface area contributed by atoms with Gasteiger partial charge in [0.2, 0.25) is 0 Å². The van der Waals surface area contributed by atoms with Gasteiger partial charge in [0, 0.05) is 19.2 Å². The van der Waals surface area contributed by atoms with Crippen molar-refractivity contribution in [1.82, 2.24) is 25.8 Å². The second-order valence-corrected chi connectivity index (χ2v) is 6.81. The Balaban J connectivity index is 1.62. The van der Waals surface area contributed by atoms with Gasteiger partial charge in [-0.3, -0.25) is 10.1 Å². The lowest BCUT2D eigenvalue weighted by atomic mass is 10.1. The molecule has 0 radical (unpaired) electrons. The SMILES string of the molecule is CN=C(NCc1cccc(-c2ncn[nH]2)c1)NC(C)c1ccc(Cl)c(Cl)c1. The van der Waals surface area contributed by atoms with Crippen LogP contribution in [-0.2, 0) is 6.54 Å². The highest BCUT2D eigenvalue weighted by molar-refractivity contribution is 6.42. The van der Waals surface area contributed by atoms with Crippen molar-refractivity contribution in [2.24, 2.45) is 4.99 Å². The van der Waals surface area contributed by atoms with Crippen molar-refractivity contribution in [2.75, 3.05) is 7.05 Å². The van der Waals surface area contributed by atoms with Gasteiger partial charge in [0.15, 0.2) is 11.8 Å². The minimum atomic E-state index is 0.0199. The minimum absolute atomic E-state index is 0.0199. The number of rotatable bonds is 5. The van der Waals surface area contributed by atoms with Gasteiger partial charge in [0.1, 0.15) is 6.33 Å². The number of aromatic nitrogens is 3. The van der Waals surface area contributed by atoms with Gasteiger partial charge >= 0.3 is 0 Å². The quantitative estimate of drug-likeness (QED) is 0.441. The number of hydrogen-bond donors (Lipinski definition) is 3. The molecule has 0 aliphatic heterocycles. The Bertz CT molecular complexity index is 924. The van der Waals surface area contributed by atoms with Gasteiger partial charge in [0.05, 0.1) is 16.1 Å². The van der Waals surface area contributed by atoms with E-state index < -0.39 is 0 Å². The molecular weight excluding hydrogens is 383 g/mol. The molecule has 27 heavy (non-hydrogen) atoms. The molecule has 1 unspecified atom stereocenters. The van der Waals surface area contributed by atoms with Gasteiger partial charge in [-0.05, 0) is 36.2 Å². The predicted octanol–water partition coefficient (Wildman–Crippen LogP) is 4.20. The second-order valence-electron chi connectivity index (χ2n) is 6.00. The van der Waals surface area contributed by atoms with E-state index in [0.29, 0.717) is 22.5 Å². The van der Waals surface area contributed by atoms with E-state index in [1.54, 1.807) is 13.1 Å². The first-order valence-electron chi connectivity index (χ1n) is 8.43. The lowest BCUT2D eigenvalue weighted by Gasteiger charge is -2.19. The number of benzene rings is 2. The summed E-state index contributed by atoms with van der Waals surface area (Å²) in [5, 5.41) is 14.5. The van der Waals surface area contributed by atoms with E-state index in [2.05, 4.69) is 36.9 Å². The molecule has 6 nitrogen and oxygen atoms in total. The van der Waals surface area contributed by atoms with Gasteiger partial charge in [-0.15, -0.1) is 0 Å². The van der Waals surface area contributed by atoms with Crippen molar-refractivity contribution in [3.05, 3.63) is 70.0 Å². The Hall–Kier alpha value is -2.57. The molecule has 1 aromatic heterocycles. The summed E-state index contributed by atoms with van der Waals surface area (Å²) in [4.78, 5) is 8.47. The molecule has 140 valence electrons. The maximum atomic E-state index is 6.11. The molecule has 3 N–H and O–H groups in total. The first-order valence-corrected chi connectivity index (χ1v) is 9.19. The highest BCUT2D eigenvalue weighted by Gasteiger charge is 2.10. The van der Waals surface area contributed by atoms with E-state index in [1.807, 2.05) is 37.3 Å². The molecule has 0 saturated carbocycles. The van der Waals surface area contributed by atoms with E-state index in [1.165, 1.54) is 6.33 Å². The Kier molecular flexibility index (Phi) is 6.32. The molecule has 3 aromatic rings. The molecular formula is C19H20Cl2N6. The van der Waals surface area contributed by atoms with Crippen LogP contribution >= 0.6 is 23.2 Å². The monoisotopic (exact) mass is 402 g/mol. The summed E-state index contributed by atoms with van der Waals surface area (Å²) in [5.41, 5.74) is 3.12. The van der Waals surface area contributed by atoms with Crippen LogP contribution in [0.1, 0.15) is 24.1 Å². The number of nitrogens with one attached hydrogen (secondary N) is 3. The molecule has 8 heteroatoms. The number of guanidine groups is 1. The van der Waals surface area contributed by atoms with E-state index in [9.17, 15) is 0 Å². The zero-order valence-electron chi connectivity index (χ0n) is 15.0. The Labute approximate surface area is 168 Å². The first-order chi connectivity index (χ1) is 13.1. The summed E-state index contributed by atoms with van der Waals surface area (Å²) in [6, 6.07) is 13.7. The van der Waals surface area contributed by atoms with E-state index in [4.69, 9.17) is 23.2 Å². The van der Waals surface area contributed by atoms with Gasteiger partial charge in [-0.25, -0.2) is 4.98 Å². The lowest BCUT2D eigenvalue weighted by Crippen LogP contribution is -2.38. The smallest absolute Gasteiger partial charge is 0.191 e. The fourth-order valence-corrected chi connectivity index (χ4v) is 2.93. The van der Waals surface area contributed by atoms with E-state index in [-0.39, 0.29) is 6.04 Å². The largest absolute Gasteiger partial charge is 0.352 e. The van der Waals surface area contributed by atoms with Crippen LogP contribution < -0.4 is 10.6 Å². The van der Waals surface area contributed by atoms with Crippen LogP contribution in [0.5, 0.6) is 0 Å². The summed E-state index contributed by atoms with van der Waals surface area (Å²) in [6.45, 7) is 2.66. The van der Waals surface area contributed by atoms with Crippen LogP contribution in [0, 0.1) is 0 Å². The zero-order valence-corrected chi connectivity index (χ0v) is 16.5. The van der Waals surface area contributed by atoms with Crippen molar-refractivity contribution in [3.8, 4) is 11.4 Å². The lowest BCUT2D eigenvalue weighted by molar-refractivity contribution is 0.685. The van der Waals surface area contributed by atoms with Crippen LogP contribution in [0.4, 0.5) is 0 Å². The van der Waals surface area contributed by atoms with Crippen LogP contribution in [0.2, 0.25) is 10.0 Å². The van der Waals surface area contributed by atoms with Crippen LogP contribution in [0.15, 0.2) is 53.8 Å². The van der Waals surface area contributed by atoms with Gasteiger partial charge in [-0.2, -0.15) is 5.10 Å². The third kappa shape index (κ3) is 4.99. The molecule has 1 atom stereocenters. The van der Waals surface area contributed by atoms with Gasteiger partial charge in [-0.1, -0.05) is 47.5 Å². The third-order valence-electron chi connectivity index (χ3n) is 4.10. The molecule has 0 bridgehead atoms. The van der Waals surface area contributed by atoms with Gasteiger partial charge < -0.3 is 10.6 Å². The van der Waals surface area contributed by atoms with Crippen molar-refractivity contribution < 1.29 is 0 Å². The van der Waals surface area contributed by atoms with Crippen LogP contribution in [-0.4, -0.2) is 28.2 Å². The average molecular weight is 403 g/mol. The Morgan fingerprint density at radius 1 is 1.19 bits per heavy atom. The molecule has 0 saturated heterocycles. The normalized spacial score (nSPS) is 12.7. The topological polar surface area (TPSA) is 78.0 Å². The molecule has 0 fully saturated rings. The Morgan fingerprint density at radius 3 is 2.74 bits per heavy atom.